The number of aromatic nitrogens is 3. The maximum absolute atomic E-state index is 11.2. The Balaban J connectivity index is 1.64. The number of nitrogens with zero attached hydrogens (tertiary/aromatic N) is 3. The molecule has 0 bridgehead atoms. The Morgan fingerprint density at radius 3 is 2.93 bits per heavy atom. The number of hydrogen-bond donors (Lipinski definition) is 2. The van der Waals surface area contributed by atoms with Crippen molar-refractivity contribution >= 4 is 35.2 Å². The van der Waals surface area contributed by atoms with Gasteiger partial charge in [-0.2, -0.15) is 15.2 Å². The molecule has 2 N–H and O–H groups in total. The zero-order valence-corrected chi connectivity index (χ0v) is 15.8. The van der Waals surface area contributed by atoms with Gasteiger partial charge in [0, 0.05) is 15.6 Å². The molecule has 9 heteroatoms. The first-order chi connectivity index (χ1) is 13.0. The summed E-state index contributed by atoms with van der Waals surface area (Å²) in [6, 6.07) is 12.6. The van der Waals surface area contributed by atoms with Crippen molar-refractivity contribution in [2.45, 2.75) is 13.5 Å². The van der Waals surface area contributed by atoms with E-state index >= 15 is 0 Å². The second-order valence-electron chi connectivity index (χ2n) is 5.54. The topological polar surface area (TPSA) is 92.3 Å². The molecule has 0 amide bonds. The first kappa shape index (κ1) is 18.9. The van der Waals surface area contributed by atoms with E-state index in [1.807, 2.05) is 30.3 Å². The molecule has 0 fully saturated rings. The highest BCUT2D eigenvalue weighted by Gasteiger charge is 2.03. The van der Waals surface area contributed by atoms with Gasteiger partial charge in [0.15, 0.2) is 5.82 Å². The van der Waals surface area contributed by atoms with Gasteiger partial charge in [-0.1, -0.05) is 41.4 Å². The van der Waals surface area contributed by atoms with Crippen molar-refractivity contribution in [1.29, 1.82) is 0 Å². The van der Waals surface area contributed by atoms with Crippen LogP contribution in [0.4, 0.5) is 5.82 Å². The van der Waals surface area contributed by atoms with Gasteiger partial charge >= 0.3 is 5.69 Å². The Morgan fingerprint density at radius 2 is 2.11 bits per heavy atom. The lowest BCUT2D eigenvalue weighted by atomic mass is 10.2. The van der Waals surface area contributed by atoms with Crippen LogP contribution in [0.3, 0.4) is 0 Å². The average Bonchev–Trinajstić information content (AvgIpc) is 2.64. The van der Waals surface area contributed by atoms with Crippen molar-refractivity contribution in [3.05, 3.63) is 79.8 Å². The standard InChI is InChI=1S/C18H15Cl2N5O2/c1-11-17(22-18(26)25-23-11)24-21-9-12-3-2-4-15(7-12)27-10-13-5-6-14(19)8-16(13)20/h2-9H,10H2,1H3,(H2,22,24,25,26)/b21-9-. The summed E-state index contributed by atoms with van der Waals surface area (Å²) in [7, 11) is 0. The summed E-state index contributed by atoms with van der Waals surface area (Å²) in [4.78, 5) is 15.0. The lowest BCUT2D eigenvalue weighted by molar-refractivity contribution is 0.306. The molecule has 138 valence electrons. The number of rotatable bonds is 6. The maximum Gasteiger partial charge on any atom is 0.363 e. The summed E-state index contributed by atoms with van der Waals surface area (Å²) in [5, 5.41) is 11.3. The van der Waals surface area contributed by atoms with Crippen LogP contribution in [0.1, 0.15) is 16.8 Å². The Morgan fingerprint density at radius 1 is 1.26 bits per heavy atom. The largest absolute Gasteiger partial charge is 0.489 e. The van der Waals surface area contributed by atoms with Crippen LogP contribution in [-0.2, 0) is 6.61 Å². The summed E-state index contributed by atoms with van der Waals surface area (Å²) in [5.74, 6) is 0.955. The van der Waals surface area contributed by atoms with Crippen LogP contribution in [0, 0.1) is 6.92 Å². The third-order valence-corrected chi connectivity index (χ3v) is 4.11. The smallest absolute Gasteiger partial charge is 0.363 e. The summed E-state index contributed by atoms with van der Waals surface area (Å²) < 4.78 is 5.78. The Kier molecular flexibility index (Phi) is 6.05. The van der Waals surface area contributed by atoms with E-state index in [0.29, 0.717) is 33.9 Å². The number of H-pyrrole nitrogens is 1. The highest BCUT2D eigenvalue weighted by atomic mass is 35.5. The number of aromatic amines is 1. The van der Waals surface area contributed by atoms with Gasteiger partial charge in [-0.25, -0.2) is 9.89 Å². The highest BCUT2D eigenvalue weighted by Crippen LogP contribution is 2.23. The van der Waals surface area contributed by atoms with E-state index in [9.17, 15) is 4.79 Å². The number of halogens is 2. The molecule has 0 spiro atoms. The molecule has 0 radical (unpaired) electrons. The minimum atomic E-state index is -0.547. The Bertz CT molecular complexity index is 1040. The summed E-state index contributed by atoms with van der Waals surface area (Å²) in [6.07, 6.45) is 1.59. The third-order valence-electron chi connectivity index (χ3n) is 3.53. The van der Waals surface area contributed by atoms with Crippen molar-refractivity contribution in [3.8, 4) is 5.75 Å². The van der Waals surface area contributed by atoms with Crippen LogP contribution in [0.5, 0.6) is 5.75 Å². The van der Waals surface area contributed by atoms with E-state index in [1.54, 1.807) is 25.3 Å². The van der Waals surface area contributed by atoms with Gasteiger partial charge in [0.25, 0.3) is 0 Å². The molecule has 3 aromatic rings. The van der Waals surface area contributed by atoms with Crippen LogP contribution in [0.2, 0.25) is 10.0 Å². The molecule has 1 aromatic heterocycles. The van der Waals surface area contributed by atoms with E-state index in [-0.39, 0.29) is 0 Å². The van der Waals surface area contributed by atoms with Crippen LogP contribution in [-0.4, -0.2) is 21.4 Å². The second kappa shape index (κ2) is 8.66. The lowest BCUT2D eigenvalue weighted by Gasteiger charge is -2.08. The molecule has 3 rings (SSSR count). The van der Waals surface area contributed by atoms with Gasteiger partial charge in [-0.05, 0) is 36.8 Å². The molecule has 0 saturated carbocycles. The van der Waals surface area contributed by atoms with Gasteiger partial charge < -0.3 is 4.74 Å². The molecular formula is C18H15Cl2N5O2. The summed E-state index contributed by atoms with van der Waals surface area (Å²) in [6.45, 7) is 2.02. The fourth-order valence-corrected chi connectivity index (χ4v) is 2.61. The molecule has 0 aliphatic rings. The monoisotopic (exact) mass is 403 g/mol. The zero-order chi connectivity index (χ0) is 19.2. The van der Waals surface area contributed by atoms with Gasteiger partial charge in [-0.15, -0.1) is 0 Å². The number of aryl methyl sites for hydroxylation is 1. The predicted octanol–water partition coefficient (Wildman–Crippen LogP) is 3.81. The van der Waals surface area contributed by atoms with Crippen LogP contribution in [0.25, 0.3) is 0 Å². The van der Waals surface area contributed by atoms with Crippen molar-refractivity contribution in [1.82, 2.24) is 15.2 Å². The first-order valence-corrected chi connectivity index (χ1v) is 8.66. The van der Waals surface area contributed by atoms with Crippen LogP contribution < -0.4 is 15.9 Å². The molecule has 0 saturated heterocycles. The molecule has 27 heavy (non-hydrogen) atoms. The molecule has 7 nitrogen and oxygen atoms in total. The summed E-state index contributed by atoms with van der Waals surface area (Å²) in [5.41, 5.74) is 4.32. The predicted molar refractivity (Wildman–Crippen MR) is 106 cm³/mol. The number of hydrazone groups is 1. The molecule has 0 unspecified atom stereocenters. The summed E-state index contributed by atoms with van der Waals surface area (Å²) >= 11 is 12.0. The second-order valence-corrected chi connectivity index (χ2v) is 6.39. The third kappa shape index (κ3) is 5.29. The minimum absolute atomic E-state index is 0.291. The van der Waals surface area contributed by atoms with Crippen molar-refractivity contribution in [2.75, 3.05) is 5.43 Å². The maximum atomic E-state index is 11.2. The minimum Gasteiger partial charge on any atom is -0.489 e. The van der Waals surface area contributed by atoms with Gasteiger partial charge in [-0.3, -0.25) is 5.43 Å². The first-order valence-electron chi connectivity index (χ1n) is 7.90. The molecule has 0 atom stereocenters. The molecule has 0 aliphatic carbocycles. The fraction of sp³-hybridized carbons (Fsp3) is 0.111. The highest BCUT2D eigenvalue weighted by molar-refractivity contribution is 6.35. The van der Waals surface area contributed by atoms with Gasteiger partial charge in [0.1, 0.15) is 18.1 Å². The van der Waals surface area contributed by atoms with Crippen molar-refractivity contribution < 1.29 is 4.74 Å². The Hall–Kier alpha value is -2.90. The van der Waals surface area contributed by atoms with E-state index in [0.717, 1.165) is 11.1 Å². The normalized spacial score (nSPS) is 10.9. The number of hydrogen-bond acceptors (Lipinski definition) is 6. The SMILES string of the molecule is Cc1n[nH]c(=O)nc1N/N=C\c1cccc(OCc2ccc(Cl)cc2Cl)c1. The van der Waals surface area contributed by atoms with Crippen molar-refractivity contribution in [3.63, 3.8) is 0 Å². The fourth-order valence-electron chi connectivity index (χ4n) is 2.15. The van der Waals surface area contributed by atoms with Gasteiger partial charge in [0.2, 0.25) is 0 Å². The quantitative estimate of drug-likeness (QED) is 0.482. The van der Waals surface area contributed by atoms with E-state index in [4.69, 9.17) is 27.9 Å². The van der Waals surface area contributed by atoms with Crippen LogP contribution in [0.15, 0.2) is 52.4 Å². The van der Waals surface area contributed by atoms with Crippen LogP contribution >= 0.6 is 23.2 Å². The average molecular weight is 404 g/mol. The Labute approximate surface area is 165 Å². The van der Waals surface area contributed by atoms with Gasteiger partial charge in [0.05, 0.1) is 6.21 Å². The molecule has 1 heterocycles. The molecule has 2 aromatic carbocycles. The number of benzene rings is 2. The lowest BCUT2D eigenvalue weighted by Crippen LogP contribution is -2.15. The zero-order valence-electron chi connectivity index (χ0n) is 14.2. The van der Waals surface area contributed by atoms with Crippen molar-refractivity contribution in [2.24, 2.45) is 5.10 Å². The molecular weight excluding hydrogens is 389 g/mol. The number of anilines is 1. The van der Waals surface area contributed by atoms with E-state index in [2.05, 4.69) is 25.7 Å². The van der Waals surface area contributed by atoms with E-state index < -0.39 is 5.69 Å². The number of nitrogens with one attached hydrogen (secondary N) is 2. The van der Waals surface area contributed by atoms with E-state index in [1.165, 1.54) is 0 Å². The molecule has 0 aliphatic heterocycles. The number of ether oxygens (including phenoxy) is 1.